The highest BCUT2D eigenvalue weighted by Crippen LogP contribution is 2.28. The Morgan fingerprint density at radius 1 is 1.50 bits per heavy atom. The Morgan fingerprint density at radius 2 is 2.25 bits per heavy atom. The number of hydrogen-bond acceptors (Lipinski definition) is 4. The number of halogens is 3. The molecule has 0 radical (unpaired) electrons. The molecule has 108 valence electrons. The van der Waals surface area contributed by atoms with Crippen molar-refractivity contribution in [2.45, 2.75) is 24.8 Å². The number of rotatable bonds is 4. The fourth-order valence-electron chi connectivity index (χ4n) is 1.88. The van der Waals surface area contributed by atoms with Gasteiger partial charge in [-0.25, -0.2) is 0 Å². The minimum absolute atomic E-state index is 0.0113. The molecule has 2 N–H and O–H groups in total. The maximum absolute atomic E-state index is 12.1. The van der Waals surface area contributed by atoms with E-state index in [-0.39, 0.29) is 18.6 Å². The van der Waals surface area contributed by atoms with E-state index in [0.29, 0.717) is 5.56 Å². The van der Waals surface area contributed by atoms with Crippen molar-refractivity contribution in [2.24, 2.45) is 10.9 Å². The van der Waals surface area contributed by atoms with Gasteiger partial charge in [0.15, 0.2) is 0 Å². The van der Waals surface area contributed by atoms with Crippen molar-refractivity contribution in [1.29, 1.82) is 0 Å². The van der Waals surface area contributed by atoms with Crippen LogP contribution in [0.3, 0.4) is 0 Å². The molecule has 1 amide bonds. The summed E-state index contributed by atoms with van der Waals surface area (Å²) in [7, 11) is 0. The smallest absolute Gasteiger partial charge is 0.406 e. The van der Waals surface area contributed by atoms with E-state index in [2.05, 4.69) is 9.89 Å². The summed E-state index contributed by atoms with van der Waals surface area (Å²) < 4.78 is 40.2. The van der Waals surface area contributed by atoms with Gasteiger partial charge in [-0.1, -0.05) is 17.3 Å². The van der Waals surface area contributed by atoms with Gasteiger partial charge in [0.2, 0.25) is 5.60 Å². The lowest BCUT2D eigenvalue weighted by Gasteiger charge is -2.22. The lowest BCUT2D eigenvalue weighted by Crippen LogP contribution is -2.45. The van der Waals surface area contributed by atoms with Crippen LogP contribution in [-0.4, -0.2) is 24.1 Å². The van der Waals surface area contributed by atoms with Gasteiger partial charge in [0.25, 0.3) is 5.91 Å². The molecule has 0 saturated heterocycles. The first-order chi connectivity index (χ1) is 9.31. The third-order valence-corrected chi connectivity index (χ3v) is 2.79. The summed E-state index contributed by atoms with van der Waals surface area (Å²) in [6, 6.07) is 5.29. The van der Waals surface area contributed by atoms with Crippen molar-refractivity contribution in [3.05, 3.63) is 29.8 Å². The van der Waals surface area contributed by atoms with Crippen molar-refractivity contribution in [1.82, 2.24) is 0 Å². The Hall–Kier alpha value is -2.25. The fourth-order valence-corrected chi connectivity index (χ4v) is 1.88. The summed E-state index contributed by atoms with van der Waals surface area (Å²) in [5.41, 5.74) is 4.34. The third-order valence-electron chi connectivity index (χ3n) is 2.79. The SMILES string of the molecule is NC(=O)C1(Cc2cccc(OC(F)(F)F)c2)CC=NO1. The van der Waals surface area contributed by atoms with Crippen LogP contribution in [0.4, 0.5) is 13.2 Å². The van der Waals surface area contributed by atoms with E-state index in [9.17, 15) is 18.0 Å². The van der Waals surface area contributed by atoms with E-state index in [0.717, 1.165) is 0 Å². The zero-order valence-electron chi connectivity index (χ0n) is 10.2. The average molecular weight is 288 g/mol. The van der Waals surface area contributed by atoms with Crippen molar-refractivity contribution in [2.75, 3.05) is 0 Å². The highest BCUT2D eigenvalue weighted by Gasteiger charge is 2.42. The van der Waals surface area contributed by atoms with Crippen LogP contribution in [0.1, 0.15) is 12.0 Å². The number of hydrogen-bond donors (Lipinski definition) is 1. The van der Waals surface area contributed by atoms with Crippen LogP contribution in [0.15, 0.2) is 29.4 Å². The number of primary amides is 1. The number of nitrogens with zero attached hydrogens (tertiary/aromatic N) is 1. The molecule has 0 spiro atoms. The van der Waals surface area contributed by atoms with E-state index in [1.165, 1.54) is 24.4 Å². The molecule has 0 aromatic heterocycles. The molecule has 8 heteroatoms. The van der Waals surface area contributed by atoms with Crippen LogP contribution in [0.2, 0.25) is 0 Å². The number of carbonyl (C=O) groups is 1. The van der Waals surface area contributed by atoms with Crippen LogP contribution in [-0.2, 0) is 16.1 Å². The second-order valence-electron chi connectivity index (χ2n) is 4.31. The molecule has 1 unspecified atom stereocenters. The molecule has 2 rings (SSSR count). The van der Waals surface area contributed by atoms with Crippen molar-refractivity contribution >= 4 is 12.1 Å². The Labute approximate surface area is 112 Å². The van der Waals surface area contributed by atoms with Gasteiger partial charge in [-0.05, 0) is 17.7 Å². The number of amides is 1. The molecule has 0 fully saturated rings. The van der Waals surface area contributed by atoms with Gasteiger partial charge in [-0.2, -0.15) is 0 Å². The van der Waals surface area contributed by atoms with Crippen molar-refractivity contribution in [3.8, 4) is 5.75 Å². The van der Waals surface area contributed by atoms with Gasteiger partial charge < -0.3 is 15.3 Å². The molecule has 0 saturated carbocycles. The lowest BCUT2D eigenvalue weighted by atomic mass is 9.91. The Morgan fingerprint density at radius 3 is 2.80 bits per heavy atom. The van der Waals surface area contributed by atoms with Crippen LogP contribution in [0.25, 0.3) is 0 Å². The highest BCUT2D eigenvalue weighted by molar-refractivity contribution is 5.88. The molecule has 1 aromatic carbocycles. The number of nitrogens with two attached hydrogens (primary N) is 1. The van der Waals surface area contributed by atoms with E-state index < -0.39 is 17.9 Å². The highest BCUT2D eigenvalue weighted by atomic mass is 19.4. The largest absolute Gasteiger partial charge is 0.573 e. The van der Waals surface area contributed by atoms with Crippen LogP contribution in [0, 0.1) is 0 Å². The van der Waals surface area contributed by atoms with Crippen molar-refractivity contribution < 1.29 is 27.5 Å². The predicted octanol–water partition coefficient (Wildman–Crippen LogP) is 1.76. The van der Waals surface area contributed by atoms with Gasteiger partial charge in [0.05, 0.1) is 0 Å². The number of carbonyl (C=O) groups excluding carboxylic acids is 1. The minimum atomic E-state index is -4.77. The van der Waals surface area contributed by atoms with Crippen LogP contribution in [0.5, 0.6) is 5.75 Å². The fraction of sp³-hybridized carbons (Fsp3) is 0.333. The summed E-state index contributed by atoms with van der Waals surface area (Å²) in [4.78, 5) is 16.4. The van der Waals surface area contributed by atoms with E-state index in [1.807, 2.05) is 0 Å². The first-order valence-corrected chi connectivity index (χ1v) is 5.65. The molecule has 20 heavy (non-hydrogen) atoms. The first kappa shape index (κ1) is 14.2. The quantitative estimate of drug-likeness (QED) is 0.917. The molecule has 1 aliphatic heterocycles. The topological polar surface area (TPSA) is 73.9 Å². The van der Waals surface area contributed by atoms with E-state index in [4.69, 9.17) is 10.6 Å². The summed E-state index contributed by atoms with van der Waals surface area (Å²) >= 11 is 0. The van der Waals surface area contributed by atoms with Gasteiger partial charge in [-0.15, -0.1) is 13.2 Å². The standard InChI is InChI=1S/C12H11F3N2O3/c13-12(14,15)19-9-3-1-2-8(6-9)7-11(10(16)18)4-5-17-20-11/h1-3,5-6H,4,7H2,(H2,16,18). The van der Waals surface area contributed by atoms with Gasteiger partial charge in [0.1, 0.15) is 5.75 Å². The zero-order chi connectivity index (χ0) is 14.8. The molecular formula is C12H11F3N2O3. The summed E-state index contributed by atoms with van der Waals surface area (Å²) in [6.45, 7) is 0. The van der Waals surface area contributed by atoms with Gasteiger partial charge in [-0.3, -0.25) is 4.79 Å². The van der Waals surface area contributed by atoms with Crippen LogP contribution >= 0.6 is 0 Å². The maximum Gasteiger partial charge on any atom is 0.573 e. The van der Waals surface area contributed by atoms with Crippen LogP contribution < -0.4 is 10.5 Å². The zero-order valence-corrected chi connectivity index (χ0v) is 10.2. The predicted molar refractivity (Wildman–Crippen MR) is 62.9 cm³/mol. The molecule has 0 aliphatic carbocycles. The monoisotopic (exact) mass is 288 g/mol. The second kappa shape index (κ2) is 5.03. The van der Waals surface area contributed by atoms with E-state index in [1.54, 1.807) is 6.07 Å². The summed E-state index contributed by atoms with van der Waals surface area (Å²) in [5.74, 6) is -1.09. The number of benzene rings is 1. The molecule has 5 nitrogen and oxygen atoms in total. The normalized spacial score (nSPS) is 21.6. The lowest BCUT2D eigenvalue weighted by molar-refractivity contribution is -0.274. The number of ether oxygens (including phenoxy) is 1. The number of oxime groups is 1. The van der Waals surface area contributed by atoms with Crippen molar-refractivity contribution in [3.63, 3.8) is 0 Å². The maximum atomic E-state index is 12.1. The first-order valence-electron chi connectivity index (χ1n) is 5.65. The second-order valence-corrected chi connectivity index (χ2v) is 4.31. The minimum Gasteiger partial charge on any atom is -0.406 e. The third kappa shape index (κ3) is 3.19. The molecule has 0 bridgehead atoms. The van der Waals surface area contributed by atoms with E-state index >= 15 is 0 Å². The van der Waals surface area contributed by atoms with Gasteiger partial charge in [0, 0.05) is 19.1 Å². The molecule has 1 aliphatic rings. The van der Waals surface area contributed by atoms with Gasteiger partial charge >= 0.3 is 6.36 Å². The molecule has 1 aromatic rings. The Balaban J connectivity index is 2.17. The Kier molecular flexibility index (Phi) is 3.56. The number of alkyl halides is 3. The molecule has 1 atom stereocenters. The molecular weight excluding hydrogens is 277 g/mol. The average Bonchev–Trinajstić information content (AvgIpc) is 2.77. The summed E-state index contributed by atoms with van der Waals surface area (Å²) in [5, 5.41) is 3.50. The summed E-state index contributed by atoms with van der Waals surface area (Å²) in [6.07, 6.45) is -3.20. The molecule has 1 heterocycles. The Bertz CT molecular complexity index is 535.